The van der Waals surface area contributed by atoms with Gasteiger partial charge < -0.3 is 10.1 Å². The topological polar surface area (TPSA) is 98.5 Å². The highest BCUT2D eigenvalue weighted by molar-refractivity contribution is 7.89. The molecule has 0 aromatic heterocycles. The van der Waals surface area contributed by atoms with Crippen molar-refractivity contribution in [1.82, 2.24) is 5.32 Å². The van der Waals surface area contributed by atoms with E-state index in [0.717, 1.165) is 0 Å². The van der Waals surface area contributed by atoms with Crippen molar-refractivity contribution < 1.29 is 17.9 Å². The highest BCUT2D eigenvalue weighted by atomic mass is 32.2. The minimum absolute atomic E-state index is 0.0291. The molecule has 1 aromatic rings. The third-order valence-corrected chi connectivity index (χ3v) is 3.38. The van der Waals surface area contributed by atoms with Crippen LogP contribution in [0.25, 0.3) is 0 Å². The van der Waals surface area contributed by atoms with Gasteiger partial charge in [-0.25, -0.2) is 13.6 Å². The quantitative estimate of drug-likeness (QED) is 0.756. The van der Waals surface area contributed by atoms with Gasteiger partial charge in [-0.1, -0.05) is 12.0 Å². The van der Waals surface area contributed by atoms with Crippen LogP contribution in [-0.2, 0) is 14.8 Å². The van der Waals surface area contributed by atoms with E-state index in [1.54, 1.807) is 13.0 Å². The second-order valence-corrected chi connectivity index (χ2v) is 5.71. The van der Waals surface area contributed by atoms with Crippen molar-refractivity contribution in [2.24, 2.45) is 5.14 Å². The van der Waals surface area contributed by atoms with E-state index in [9.17, 15) is 13.2 Å². The second-order valence-electron chi connectivity index (χ2n) is 4.18. The van der Waals surface area contributed by atoms with Crippen LogP contribution in [0, 0.1) is 19.3 Å². The fourth-order valence-corrected chi connectivity index (χ4v) is 2.21. The summed E-state index contributed by atoms with van der Waals surface area (Å²) in [6.07, 6.45) is 4.13. The van der Waals surface area contributed by atoms with Gasteiger partial charge in [0.25, 0.3) is 5.91 Å². The molecule has 0 heterocycles. The van der Waals surface area contributed by atoms with Gasteiger partial charge in [0, 0.05) is 0 Å². The van der Waals surface area contributed by atoms with Crippen molar-refractivity contribution in [3.63, 3.8) is 0 Å². The maximum atomic E-state index is 11.6. The van der Waals surface area contributed by atoms with E-state index < -0.39 is 22.0 Å². The molecule has 0 spiro atoms. The van der Waals surface area contributed by atoms with E-state index in [2.05, 4.69) is 11.2 Å². The first-order valence-corrected chi connectivity index (χ1v) is 7.31. The molecule has 1 amide bonds. The Kier molecular flexibility index (Phi) is 5.13. The molecule has 0 fully saturated rings. The summed E-state index contributed by atoms with van der Waals surface area (Å²) in [4.78, 5) is 11.5. The molecule has 0 aliphatic rings. The molecule has 20 heavy (non-hydrogen) atoms. The van der Waals surface area contributed by atoms with Crippen LogP contribution in [0.1, 0.15) is 12.5 Å². The number of terminal acetylenes is 1. The third kappa shape index (κ3) is 4.26. The molecule has 0 bridgehead atoms. The molecule has 0 radical (unpaired) electrons. The molecule has 1 rings (SSSR count). The van der Waals surface area contributed by atoms with Gasteiger partial charge in [-0.3, -0.25) is 4.79 Å². The molecular weight excluding hydrogens is 280 g/mol. The lowest BCUT2D eigenvalue weighted by Gasteiger charge is -2.16. The molecule has 3 N–H and O–H groups in total. The number of primary sulfonamides is 1. The number of hydrogen-bond donors (Lipinski definition) is 2. The standard InChI is InChI=1S/C13H16N2O4S/c1-4-7-15-13(16)10(3)19-11-6-5-9(2)8-12(11)20(14,17)18/h1,5-6,8,10H,7H2,2-3H3,(H,15,16)(H2,14,17,18). The number of nitrogens with one attached hydrogen (secondary N) is 1. The molecule has 0 saturated heterocycles. The predicted octanol–water partition coefficient (Wildman–Crippen LogP) is 0.159. The van der Waals surface area contributed by atoms with Crippen LogP contribution >= 0.6 is 0 Å². The summed E-state index contributed by atoms with van der Waals surface area (Å²) in [6.45, 7) is 3.28. The van der Waals surface area contributed by atoms with Crippen molar-refractivity contribution in [2.75, 3.05) is 6.54 Å². The van der Waals surface area contributed by atoms with E-state index in [4.69, 9.17) is 16.3 Å². The molecule has 1 atom stereocenters. The van der Waals surface area contributed by atoms with Gasteiger partial charge in [0.15, 0.2) is 6.10 Å². The van der Waals surface area contributed by atoms with Gasteiger partial charge >= 0.3 is 0 Å². The first-order valence-electron chi connectivity index (χ1n) is 5.77. The number of hydrogen-bond acceptors (Lipinski definition) is 4. The zero-order valence-electron chi connectivity index (χ0n) is 11.2. The molecule has 6 nitrogen and oxygen atoms in total. The van der Waals surface area contributed by atoms with Gasteiger partial charge in [0.05, 0.1) is 6.54 Å². The SMILES string of the molecule is C#CCNC(=O)C(C)Oc1ccc(C)cc1S(N)(=O)=O. The van der Waals surface area contributed by atoms with E-state index in [1.165, 1.54) is 19.1 Å². The normalized spacial score (nSPS) is 12.3. The molecule has 1 unspecified atom stereocenters. The summed E-state index contributed by atoms with van der Waals surface area (Å²) >= 11 is 0. The van der Waals surface area contributed by atoms with Crippen LogP contribution in [0.3, 0.4) is 0 Å². The van der Waals surface area contributed by atoms with Crippen LogP contribution in [0.5, 0.6) is 5.75 Å². The predicted molar refractivity (Wildman–Crippen MR) is 74.5 cm³/mol. The van der Waals surface area contributed by atoms with Crippen LogP contribution in [0.2, 0.25) is 0 Å². The minimum Gasteiger partial charge on any atom is -0.479 e. The molecule has 0 aliphatic carbocycles. The molecular formula is C13H16N2O4S. The van der Waals surface area contributed by atoms with Gasteiger partial charge in [-0.2, -0.15) is 0 Å². The number of rotatable bonds is 5. The van der Waals surface area contributed by atoms with E-state index in [0.29, 0.717) is 5.56 Å². The summed E-state index contributed by atoms with van der Waals surface area (Å²) in [7, 11) is -3.93. The summed E-state index contributed by atoms with van der Waals surface area (Å²) in [6, 6.07) is 4.51. The maximum absolute atomic E-state index is 11.6. The number of ether oxygens (including phenoxy) is 1. The Morgan fingerprint density at radius 3 is 2.75 bits per heavy atom. The fraction of sp³-hybridized carbons (Fsp3) is 0.308. The van der Waals surface area contributed by atoms with E-state index >= 15 is 0 Å². The van der Waals surface area contributed by atoms with Gasteiger partial charge in [0.2, 0.25) is 10.0 Å². The number of amides is 1. The Bertz CT molecular complexity index is 647. The monoisotopic (exact) mass is 296 g/mol. The number of carbonyl (C=O) groups is 1. The number of nitrogens with two attached hydrogens (primary N) is 1. The summed E-state index contributed by atoms with van der Waals surface area (Å²) in [5.41, 5.74) is 0.714. The smallest absolute Gasteiger partial charge is 0.261 e. The van der Waals surface area contributed by atoms with Crippen molar-refractivity contribution in [3.8, 4) is 18.1 Å². The zero-order chi connectivity index (χ0) is 15.3. The Morgan fingerprint density at radius 2 is 2.20 bits per heavy atom. The summed E-state index contributed by atoms with van der Waals surface area (Å²) < 4.78 is 28.3. The Hall–Kier alpha value is -2.04. The van der Waals surface area contributed by atoms with E-state index in [-0.39, 0.29) is 17.2 Å². The second kappa shape index (κ2) is 6.41. The van der Waals surface area contributed by atoms with Crippen molar-refractivity contribution in [3.05, 3.63) is 23.8 Å². The molecule has 1 aromatic carbocycles. The van der Waals surface area contributed by atoms with Gasteiger partial charge in [0.1, 0.15) is 10.6 Å². The Balaban J connectivity index is 2.99. The highest BCUT2D eigenvalue weighted by Crippen LogP contribution is 2.24. The Labute approximate surface area is 118 Å². The van der Waals surface area contributed by atoms with Crippen molar-refractivity contribution >= 4 is 15.9 Å². The van der Waals surface area contributed by atoms with Crippen LogP contribution in [0.4, 0.5) is 0 Å². The zero-order valence-corrected chi connectivity index (χ0v) is 12.0. The minimum atomic E-state index is -3.93. The summed E-state index contributed by atoms with van der Waals surface area (Å²) in [5, 5.41) is 7.56. The van der Waals surface area contributed by atoms with Gasteiger partial charge in [-0.15, -0.1) is 6.42 Å². The first kappa shape index (κ1) is 16.0. The summed E-state index contributed by atoms with van der Waals surface area (Å²) in [5.74, 6) is 1.85. The van der Waals surface area contributed by atoms with Gasteiger partial charge in [-0.05, 0) is 31.5 Å². The third-order valence-electron chi connectivity index (χ3n) is 2.44. The van der Waals surface area contributed by atoms with Crippen LogP contribution in [0.15, 0.2) is 23.1 Å². The lowest BCUT2D eigenvalue weighted by Crippen LogP contribution is -2.36. The number of sulfonamides is 1. The average Bonchev–Trinajstić information content (AvgIpc) is 2.36. The maximum Gasteiger partial charge on any atom is 0.261 e. The lowest BCUT2D eigenvalue weighted by atomic mass is 10.2. The van der Waals surface area contributed by atoms with Crippen molar-refractivity contribution in [2.45, 2.75) is 24.8 Å². The highest BCUT2D eigenvalue weighted by Gasteiger charge is 2.20. The molecule has 7 heteroatoms. The largest absolute Gasteiger partial charge is 0.479 e. The molecule has 0 aliphatic heterocycles. The van der Waals surface area contributed by atoms with Crippen molar-refractivity contribution in [1.29, 1.82) is 0 Å². The number of carbonyl (C=O) groups excluding carboxylic acids is 1. The van der Waals surface area contributed by atoms with Crippen LogP contribution < -0.4 is 15.2 Å². The average molecular weight is 296 g/mol. The van der Waals surface area contributed by atoms with Crippen LogP contribution in [-0.4, -0.2) is 27.0 Å². The molecule has 108 valence electrons. The first-order chi connectivity index (χ1) is 9.25. The Morgan fingerprint density at radius 1 is 1.55 bits per heavy atom. The number of aryl methyl sites for hydroxylation is 1. The van der Waals surface area contributed by atoms with E-state index in [1.807, 2.05) is 0 Å². The molecule has 0 saturated carbocycles. The number of benzene rings is 1. The fourth-order valence-electron chi connectivity index (χ4n) is 1.46. The lowest BCUT2D eigenvalue weighted by molar-refractivity contribution is -0.127.